The number of piperidine rings is 1. The maximum Gasteiger partial charge on any atom is 0.250 e. The summed E-state index contributed by atoms with van der Waals surface area (Å²) in [5, 5.41) is 0. The summed E-state index contributed by atoms with van der Waals surface area (Å²) in [7, 11) is 1.83. The van der Waals surface area contributed by atoms with Gasteiger partial charge in [-0.05, 0) is 67.4 Å². The van der Waals surface area contributed by atoms with E-state index in [0.29, 0.717) is 0 Å². The van der Waals surface area contributed by atoms with Crippen LogP contribution in [-0.4, -0.2) is 30.9 Å². The molecule has 0 atom stereocenters. The van der Waals surface area contributed by atoms with Gasteiger partial charge in [0.05, 0.1) is 0 Å². The zero-order valence-electron chi connectivity index (χ0n) is 15.2. The zero-order chi connectivity index (χ0) is 18.4. The summed E-state index contributed by atoms with van der Waals surface area (Å²) in [6.45, 7) is 3.31. The highest BCUT2D eigenvalue weighted by atomic mass is 79.9. The average molecular weight is 413 g/mol. The molecule has 0 bridgehead atoms. The number of carbonyl (C=O) groups is 1. The minimum atomic E-state index is -0.0277. The van der Waals surface area contributed by atoms with Crippen LogP contribution in [0.5, 0.6) is 0 Å². The predicted octanol–water partition coefficient (Wildman–Crippen LogP) is 5.11. The van der Waals surface area contributed by atoms with E-state index < -0.39 is 0 Å². The number of hydrogen-bond donors (Lipinski definition) is 0. The van der Waals surface area contributed by atoms with Crippen molar-refractivity contribution in [1.29, 1.82) is 0 Å². The van der Waals surface area contributed by atoms with Crippen molar-refractivity contribution in [3.05, 3.63) is 70.2 Å². The van der Waals surface area contributed by atoms with E-state index >= 15 is 0 Å². The predicted molar refractivity (Wildman–Crippen MR) is 112 cm³/mol. The smallest absolute Gasteiger partial charge is 0.250 e. The Morgan fingerprint density at radius 1 is 1.12 bits per heavy atom. The first-order chi connectivity index (χ1) is 12.6. The number of rotatable bonds is 5. The van der Waals surface area contributed by atoms with Crippen molar-refractivity contribution in [3.63, 3.8) is 0 Å². The molecule has 136 valence electrons. The second-order valence-corrected chi connectivity index (χ2v) is 7.71. The topological polar surface area (TPSA) is 23.6 Å². The third kappa shape index (κ3) is 5.29. The minimum absolute atomic E-state index is 0.0277. The fourth-order valence-corrected chi connectivity index (χ4v) is 3.67. The van der Waals surface area contributed by atoms with Crippen molar-refractivity contribution in [2.45, 2.75) is 25.8 Å². The van der Waals surface area contributed by atoms with Gasteiger partial charge in [0.1, 0.15) is 0 Å². The number of carbonyl (C=O) groups excluding carboxylic acids is 1. The Kier molecular flexibility index (Phi) is 6.64. The molecule has 3 rings (SSSR count). The van der Waals surface area contributed by atoms with Crippen molar-refractivity contribution in [2.24, 2.45) is 0 Å². The standard InChI is InChI=1S/C22H25BrN2O/c1-24(22(26)12-11-18-7-5-9-20(23)15-18)21-10-6-8-19(16-21)17-25-13-3-2-4-14-25/h5-12,15-16H,2-4,13-14,17H2,1H3/b12-11+. The van der Waals surface area contributed by atoms with E-state index in [1.165, 1.54) is 37.9 Å². The van der Waals surface area contributed by atoms with Crippen LogP contribution in [-0.2, 0) is 11.3 Å². The van der Waals surface area contributed by atoms with Gasteiger partial charge >= 0.3 is 0 Å². The van der Waals surface area contributed by atoms with E-state index in [0.717, 1.165) is 22.3 Å². The fourth-order valence-electron chi connectivity index (χ4n) is 3.26. The van der Waals surface area contributed by atoms with Crippen LogP contribution in [0.1, 0.15) is 30.4 Å². The second kappa shape index (κ2) is 9.15. The van der Waals surface area contributed by atoms with E-state index in [9.17, 15) is 4.79 Å². The molecule has 0 spiro atoms. The summed E-state index contributed by atoms with van der Waals surface area (Å²) in [5.41, 5.74) is 3.20. The van der Waals surface area contributed by atoms with Crippen LogP contribution in [0, 0.1) is 0 Å². The van der Waals surface area contributed by atoms with E-state index in [1.54, 1.807) is 11.0 Å². The Morgan fingerprint density at radius 3 is 2.65 bits per heavy atom. The van der Waals surface area contributed by atoms with Gasteiger partial charge in [-0.2, -0.15) is 0 Å². The summed E-state index contributed by atoms with van der Waals surface area (Å²) in [6.07, 6.45) is 7.40. The molecule has 1 saturated heterocycles. The van der Waals surface area contributed by atoms with Gasteiger partial charge in [-0.3, -0.25) is 9.69 Å². The second-order valence-electron chi connectivity index (χ2n) is 6.79. The Labute approximate surface area is 164 Å². The maximum atomic E-state index is 12.5. The molecule has 0 saturated carbocycles. The minimum Gasteiger partial charge on any atom is -0.312 e. The van der Waals surface area contributed by atoms with E-state index in [-0.39, 0.29) is 5.91 Å². The summed E-state index contributed by atoms with van der Waals surface area (Å²) >= 11 is 3.45. The number of halogens is 1. The monoisotopic (exact) mass is 412 g/mol. The lowest BCUT2D eigenvalue weighted by Crippen LogP contribution is -2.29. The molecule has 1 amide bonds. The molecule has 2 aromatic rings. The zero-order valence-corrected chi connectivity index (χ0v) is 16.8. The number of amides is 1. The van der Waals surface area contributed by atoms with Crippen molar-refractivity contribution in [2.75, 3.05) is 25.0 Å². The van der Waals surface area contributed by atoms with Crippen LogP contribution in [0.15, 0.2) is 59.1 Å². The Hall–Kier alpha value is -1.91. The molecule has 1 heterocycles. The molecule has 4 heteroatoms. The number of nitrogens with zero attached hydrogens (tertiary/aromatic N) is 2. The van der Waals surface area contributed by atoms with E-state index in [4.69, 9.17) is 0 Å². The summed E-state index contributed by atoms with van der Waals surface area (Å²) < 4.78 is 1.01. The van der Waals surface area contributed by atoms with Crippen LogP contribution < -0.4 is 4.90 Å². The van der Waals surface area contributed by atoms with Gasteiger partial charge in [-0.1, -0.05) is 46.6 Å². The quantitative estimate of drug-likeness (QED) is 0.636. The van der Waals surface area contributed by atoms with E-state index in [1.807, 2.05) is 49.5 Å². The highest BCUT2D eigenvalue weighted by Gasteiger charge is 2.12. The lowest BCUT2D eigenvalue weighted by molar-refractivity contribution is -0.113. The third-order valence-corrected chi connectivity index (χ3v) is 5.24. The molecule has 3 nitrogen and oxygen atoms in total. The van der Waals surface area contributed by atoms with Gasteiger partial charge in [-0.15, -0.1) is 0 Å². The first-order valence-electron chi connectivity index (χ1n) is 9.14. The fraction of sp³-hybridized carbons (Fsp3) is 0.318. The van der Waals surface area contributed by atoms with Gasteiger partial charge in [-0.25, -0.2) is 0 Å². The molecule has 0 aliphatic carbocycles. The van der Waals surface area contributed by atoms with Crippen molar-refractivity contribution >= 4 is 33.6 Å². The van der Waals surface area contributed by atoms with Gasteiger partial charge in [0, 0.05) is 29.8 Å². The molecule has 1 aliphatic heterocycles. The van der Waals surface area contributed by atoms with Gasteiger partial charge in [0.15, 0.2) is 0 Å². The van der Waals surface area contributed by atoms with E-state index in [2.05, 4.69) is 33.0 Å². The normalized spacial score (nSPS) is 15.3. The Bertz CT molecular complexity index is 781. The highest BCUT2D eigenvalue weighted by Crippen LogP contribution is 2.19. The van der Waals surface area contributed by atoms with Gasteiger partial charge in [0.2, 0.25) is 0 Å². The number of benzene rings is 2. The largest absolute Gasteiger partial charge is 0.312 e. The lowest BCUT2D eigenvalue weighted by atomic mass is 10.1. The Balaban J connectivity index is 1.65. The van der Waals surface area contributed by atoms with Crippen LogP contribution in [0.25, 0.3) is 6.08 Å². The third-order valence-electron chi connectivity index (χ3n) is 4.75. The number of likely N-dealkylation sites (N-methyl/N-ethyl adjacent to an activating group) is 1. The molecule has 0 aromatic heterocycles. The number of anilines is 1. The first-order valence-corrected chi connectivity index (χ1v) is 9.94. The summed E-state index contributed by atoms with van der Waals surface area (Å²) in [6, 6.07) is 16.2. The molecule has 0 unspecified atom stereocenters. The maximum absolute atomic E-state index is 12.5. The van der Waals surface area contributed by atoms with Crippen LogP contribution in [0.2, 0.25) is 0 Å². The van der Waals surface area contributed by atoms with Crippen molar-refractivity contribution in [3.8, 4) is 0 Å². The molecule has 1 aliphatic rings. The molecular formula is C22H25BrN2O. The molecule has 26 heavy (non-hydrogen) atoms. The molecule has 2 aromatic carbocycles. The molecule has 0 N–H and O–H groups in total. The molecule has 0 radical (unpaired) electrons. The molecule has 1 fully saturated rings. The Morgan fingerprint density at radius 2 is 1.88 bits per heavy atom. The van der Waals surface area contributed by atoms with Gasteiger partial charge < -0.3 is 4.90 Å². The number of likely N-dealkylation sites (tertiary alicyclic amines) is 1. The first kappa shape index (κ1) is 18.9. The summed E-state index contributed by atoms with van der Waals surface area (Å²) in [4.78, 5) is 16.7. The van der Waals surface area contributed by atoms with Crippen LogP contribution in [0.4, 0.5) is 5.69 Å². The van der Waals surface area contributed by atoms with Crippen molar-refractivity contribution in [1.82, 2.24) is 4.90 Å². The lowest BCUT2D eigenvalue weighted by Gasteiger charge is -2.27. The average Bonchev–Trinajstić information content (AvgIpc) is 2.66. The highest BCUT2D eigenvalue weighted by molar-refractivity contribution is 9.10. The number of hydrogen-bond acceptors (Lipinski definition) is 2. The van der Waals surface area contributed by atoms with Crippen LogP contribution >= 0.6 is 15.9 Å². The summed E-state index contributed by atoms with van der Waals surface area (Å²) in [5.74, 6) is -0.0277. The van der Waals surface area contributed by atoms with Crippen molar-refractivity contribution < 1.29 is 4.79 Å². The van der Waals surface area contributed by atoms with Gasteiger partial charge in [0.25, 0.3) is 5.91 Å². The van der Waals surface area contributed by atoms with Crippen LogP contribution in [0.3, 0.4) is 0 Å². The SMILES string of the molecule is CN(C(=O)/C=C/c1cccc(Br)c1)c1cccc(CN2CCCCC2)c1. The molecular weight excluding hydrogens is 388 g/mol.